The van der Waals surface area contributed by atoms with Gasteiger partial charge in [-0.25, -0.2) is 4.98 Å². The van der Waals surface area contributed by atoms with Gasteiger partial charge in [0.05, 0.1) is 12.7 Å². The van der Waals surface area contributed by atoms with Crippen LogP contribution in [0.15, 0.2) is 6.33 Å². The van der Waals surface area contributed by atoms with Gasteiger partial charge < -0.3 is 10.1 Å². The van der Waals surface area contributed by atoms with Crippen LogP contribution in [0.5, 0.6) is 0 Å². The van der Waals surface area contributed by atoms with Gasteiger partial charge in [-0.3, -0.25) is 0 Å². The predicted molar refractivity (Wildman–Crippen MR) is 49.5 cm³/mol. The van der Waals surface area contributed by atoms with E-state index in [0.29, 0.717) is 12.7 Å². The highest BCUT2D eigenvalue weighted by molar-refractivity contribution is 7.09. The van der Waals surface area contributed by atoms with E-state index in [-0.39, 0.29) is 0 Å². The van der Waals surface area contributed by atoms with Gasteiger partial charge >= 0.3 is 0 Å². The molecule has 1 rings (SSSR count). The summed E-state index contributed by atoms with van der Waals surface area (Å²) in [6, 6.07) is 0. The standard InChI is InChI=1S/C7H13N3OS/c1-6(2)11-4-3-8-7-9-5-10-12-7/h5-6H,3-4H2,1-2H3,(H,8,9,10). The zero-order chi connectivity index (χ0) is 8.81. The highest BCUT2D eigenvalue weighted by Crippen LogP contribution is 2.05. The minimum Gasteiger partial charge on any atom is -0.377 e. The predicted octanol–water partition coefficient (Wildman–Crippen LogP) is 1.37. The third-order valence-electron chi connectivity index (χ3n) is 1.19. The van der Waals surface area contributed by atoms with Gasteiger partial charge in [0.1, 0.15) is 6.33 Å². The number of ether oxygens (including phenoxy) is 1. The Morgan fingerprint density at radius 3 is 3.08 bits per heavy atom. The maximum Gasteiger partial charge on any atom is 0.202 e. The Balaban J connectivity index is 2.04. The van der Waals surface area contributed by atoms with E-state index < -0.39 is 0 Å². The molecule has 0 spiro atoms. The summed E-state index contributed by atoms with van der Waals surface area (Å²) in [6.45, 7) is 5.53. The molecule has 0 unspecified atom stereocenters. The van der Waals surface area contributed by atoms with Crippen molar-refractivity contribution in [3.05, 3.63) is 6.33 Å². The Kier molecular flexibility index (Phi) is 3.96. The number of rotatable bonds is 5. The lowest BCUT2D eigenvalue weighted by atomic mass is 10.5. The summed E-state index contributed by atoms with van der Waals surface area (Å²) >= 11 is 1.35. The van der Waals surface area contributed by atoms with Crippen molar-refractivity contribution in [1.29, 1.82) is 0 Å². The molecule has 0 bridgehead atoms. The second-order valence-electron chi connectivity index (χ2n) is 2.59. The fourth-order valence-electron chi connectivity index (χ4n) is 0.704. The van der Waals surface area contributed by atoms with E-state index in [2.05, 4.69) is 14.7 Å². The zero-order valence-corrected chi connectivity index (χ0v) is 8.10. The lowest BCUT2D eigenvalue weighted by Crippen LogP contribution is -2.12. The largest absolute Gasteiger partial charge is 0.377 e. The van der Waals surface area contributed by atoms with Crippen LogP contribution in [0.4, 0.5) is 5.13 Å². The maximum absolute atomic E-state index is 5.33. The molecule has 0 aliphatic rings. The Bertz CT molecular complexity index is 200. The second-order valence-corrected chi connectivity index (χ2v) is 3.37. The lowest BCUT2D eigenvalue weighted by Gasteiger charge is -2.06. The van der Waals surface area contributed by atoms with Crippen molar-refractivity contribution in [2.24, 2.45) is 0 Å². The molecule has 1 aromatic rings. The van der Waals surface area contributed by atoms with E-state index in [1.54, 1.807) is 0 Å². The summed E-state index contributed by atoms with van der Waals surface area (Å²) in [5, 5.41) is 3.95. The quantitative estimate of drug-likeness (QED) is 0.707. The van der Waals surface area contributed by atoms with E-state index in [1.807, 2.05) is 13.8 Å². The van der Waals surface area contributed by atoms with Gasteiger partial charge in [-0.05, 0) is 13.8 Å². The molecule has 0 aliphatic carbocycles. The Hall–Kier alpha value is -0.680. The van der Waals surface area contributed by atoms with Gasteiger partial charge in [-0.1, -0.05) is 0 Å². The first kappa shape index (κ1) is 9.41. The molecule has 0 amide bonds. The van der Waals surface area contributed by atoms with Gasteiger partial charge in [0, 0.05) is 18.1 Å². The Morgan fingerprint density at radius 1 is 1.67 bits per heavy atom. The SMILES string of the molecule is CC(C)OCCNc1ncns1. The first-order valence-corrected chi connectivity index (χ1v) is 4.68. The van der Waals surface area contributed by atoms with Gasteiger partial charge in [0.15, 0.2) is 0 Å². The smallest absolute Gasteiger partial charge is 0.202 e. The number of aromatic nitrogens is 2. The Morgan fingerprint density at radius 2 is 2.50 bits per heavy atom. The number of hydrogen-bond acceptors (Lipinski definition) is 5. The summed E-state index contributed by atoms with van der Waals surface area (Å²) < 4.78 is 9.20. The molecule has 0 radical (unpaired) electrons. The van der Waals surface area contributed by atoms with E-state index in [0.717, 1.165) is 11.7 Å². The van der Waals surface area contributed by atoms with Crippen molar-refractivity contribution in [1.82, 2.24) is 9.36 Å². The van der Waals surface area contributed by atoms with Crippen LogP contribution in [0.2, 0.25) is 0 Å². The van der Waals surface area contributed by atoms with Gasteiger partial charge in [0.2, 0.25) is 5.13 Å². The van der Waals surface area contributed by atoms with E-state index in [9.17, 15) is 0 Å². The fourth-order valence-corrected chi connectivity index (χ4v) is 1.16. The third kappa shape index (κ3) is 3.64. The van der Waals surface area contributed by atoms with E-state index in [1.165, 1.54) is 17.9 Å². The molecule has 0 fully saturated rings. The van der Waals surface area contributed by atoms with Crippen LogP contribution in [0.3, 0.4) is 0 Å². The first-order valence-electron chi connectivity index (χ1n) is 3.91. The second kappa shape index (κ2) is 5.05. The summed E-state index contributed by atoms with van der Waals surface area (Å²) in [6.07, 6.45) is 1.83. The molecule has 0 atom stereocenters. The number of nitrogens with one attached hydrogen (secondary N) is 1. The van der Waals surface area contributed by atoms with Crippen LogP contribution < -0.4 is 5.32 Å². The maximum atomic E-state index is 5.33. The van der Waals surface area contributed by atoms with Crippen LogP contribution in [0, 0.1) is 0 Å². The summed E-state index contributed by atoms with van der Waals surface area (Å²) in [7, 11) is 0. The average Bonchev–Trinajstić information content (AvgIpc) is 2.49. The van der Waals surface area contributed by atoms with Crippen LogP contribution >= 0.6 is 11.5 Å². The topological polar surface area (TPSA) is 47.0 Å². The van der Waals surface area contributed by atoms with Gasteiger partial charge in [-0.15, -0.1) is 0 Å². The molecule has 5 heteroatoms. The first-order chi connectivity index (χ1) is 5.79. The van der Waals surface area contributed by atoms with Crippen molar-refractivity contribution in [3.8, 4) is 0 Å². The van der Waals surface area contributed by atoms with Crippen molar-refractivity contribution in [3.63, 3.8) is 0 Å². The Labute approximate surface area is 76.1 Å². The average molecular weight is 187 g/mol. The minimum absolute atomic E-state index is 0.293. The van der Waals surface area contributed by atoms with Crippen LogP contribution in [-0.4, -0.2) is 28.6 Å². The molecule has 0 saturated carbocycles. The highest BCUT2D eigenvalue weighted by atomic mass is 32.1. The van der Waals surface area contributed by atoms with Crippen molar-refractivity contribution in [2.45, 2.75) is 20.0 Å². The molecule has 0 aromatic carbocycles. The normalized spacial score (nSPS) is 10.6. The molecule has 68 valence electrons. The molecule has 1 aromatic heterocycles. The molecule has 12 heavy (non-hydrogen) atoms. The molecule has 0 aliphatic heterocycles. The minimum atomic E-state index is 0.293. The molecule has 0 saturated heterocycles. The monoisotopic (exact) mass is 187 g/mol. The molecule has 4 nitrogen and oxygen atoms in total. The van der Waals surface area contributed by atoms with Crippen LogP contribution in [-0.2, 0) is 4.74 Å². The van der Waals surface area contributed by atoms with Crippen molar-refractivity contribution in [2.75, 3.05) is 18.5 Å². The fraction of sp³-hybridized carbons (Fsp3) is 0.714. The zero-order valence-electron chi connectivity index (χ0n) is 7.28. The molecular formula is C7H13N3OS. The van der Waals surface area contributed by atoms with Gasteiger partial charge in [-0.2, -0.15) is 4.37 Å². The summed E-state index contributed by atoms with van der Waals surface area (Å²) in [5.74, 6) is 0. The summed E-state index contributed by atoms with van der Waals surface area (Å²) in [5.41, 5.74) is 0. The van der Waals surface area contributed by atoms with E-state index in [4.69, 9.17) is 4.74 Å². The molecule has 1 heterocycles. The van der Waals surface area contributed by atoms with Gasteiger partial charge in [0.25, 0.3) is 0 Å². The summed E-state index contributed by atoms with van der Waals surface area (Å²) in [4.78, 5) is 3.97. The third-order valence-corrected chi connectivity index (χ3v) is 1.81. The number of anilines is 1. The van der Waals surface area contributed by atoms with Crippen molar-refractivity contribution < 1.29 is 4.74 Å². The number of hydrogen-bond donors (Lipinski definition) is 1. The lowest BCUT2D eigenvalue weighted by molar-refractivity contribution is 0.0870. The molecular weight excluding hydrogens is 174 g/mol. The van der Waals surface area contributed by atoms with Crippen LogP contribution in [0.1, 0.15) is 13.8 Å². The van der Waals surface area contributed by atoms with Crippen molar-refractivity contribution >= 4 is 16.7 Å². The highest BCUT2D eigenvalue weighted by Gasteiger charge is 1.95. The van der Waals surface area contributed by atoms with Crippen LogP contribution in [0.25, 0.3) is 0 Å². The number of nitrogens with zero attached hydrogens (tertiary/aromatic N) is 2. The van der Waals surface area contributed by atoms with E-state index >= 15 is 0 Å². The molecule has 1 N–H and O–H groups in total.